The van der Waals surface area contributed by atoms with Gasteiger partial charge in [-0.15, -0.1) is 0 Å². The summed E-state index contributed by atoms with van der Waals surface area (Å²) in [5.41, 5.74) is 0. The molecule has 1 aromatic rings. The van der Waals surface area contributed by atoms with E-state index in [1.807, 2.05) is 42.1 Å². The molecule has 0 heterocycles. The fourth-order valence-electron chi connectivity index (χ4n) is 1.81. The zero-order valence-corrected chi connectivity index (χ0v) is 11.3. The Morgan fingerprint density at radius 3 is 2.71 bits per heavy atom. The maximum Gasteiger partial charge on any atom is 0.119 e. The van der Waals surface area contributed by atoms with Gasteiger partial charge in [0.1, 0.15) is 5.75 Å². The third kappa shape index (κ3) is 4.25. The van der Waals surface area contributed by atoms with E-state index in [4.69, 9.17) is 4.74 Å². The van der Waals surface area contributed by atoms with Gasteiger partial charge in [-0.2, -0.15) is 11.8 Å². The number of rotatable bonds is 8. The average Bonchev–Trinajstić information content (AvgIpc) is 3.16. The van der Waals surface area contributed by atoms with Crippen molar-refractivity contribution in [2.24, 2.45) is 0 Å². The molecule has 0 aliphatic heterocycles. The molecule has 1 aliphatic carbocycles. The minimum atomic E-state index is 0.570. The van der Waals surface area contributed by atoms with Crippen LogP contribution < -0.4 is 10.1 Å². The first-order valence-corrected chi connectivity index (χ1v) is 7.51. The molecular weight excluding hydrogens is 230 g/mol. The fraction of sp³-hybridized carbons (Fsp3) is 0.571. The lowest BCUT2D eigenvalue weighted by Gasteiger charge is -2.13. The number of ether oxygens (including phenoxy) is 1. The van der Waals surface area contributed by atoms with Gasteiger partial charge in [0.05, 0.1) is 6.61 Å². The summed E-state index contributed by atoms with van der Waals surface area (Å²) in [6, 6.07) is 10.0. The van der Waals surface area contributed by atoms with Gasteiger partial charge in [-0.25, -0.2) is 0 Å². The van der Waals surface area contributed by atoms with E-state index in [9.17, 15) is 0 Å². The minimum absolute atomic E-state index is 0.570. The number of nitrogens with one attached hydrogen (secondary N) is 1. The molecule has 0 saturated heterocycles. The second kappa shape index (κ2) is 6.31. The lowest BCUT2D eigenvalue weighted by Crippen LogP contribution is -2.27. The van der Waals surface area contributed by atoms with Gasteiger partial charge in [0.2, 0.25) is 0 Å². The Kier molecular flexibility index (Phi) is 4.75. The van der Waals surface area contributed by atoms with Gasteiger partial charge in [0.25, 0.3) is 0 Å². The molecule has 0 atom stereocenters. The topological polar surface area (TPSA) is 21.3 Å². The van der Waals surface area contributed by atoms with Crippen LogP contribution in [-0.2, 0) is 0 Å². The van der Waals surface area contributed by atoms with Gasteiger partial charge in [-0.3, -0.25) is 0 Å². The van der Waals surface area contributed by atoms with Gasteiger partial charge >= 0.3 is 0 Å². The van der Waals surface area contributed by atoms with Crippen molar-refractivity contribution < 1.29 is 4.74 Å². The second-order valence-corrected chi connectivity index (χ2v) is 5.85. The summed E-state index contributed by atoms with van der Waals surface area (Å²) >= 11 is 2.01. The number of benzene rings is 1. The number of thioether (sulfide) groups is 1. The normalized spacial score (nSPS) is 16.8. The highest BCUT2D eigenvalue weighted by atomic mass is 32.2. The first-order valence-electron chi connectivity index (χ1n) is 6.28. The summed E-state index contributed by atoms with van der Waals surface area (Å²) in [5.74, 6) is 0.968. The Morgan fingerprint density at radius 2 is 2.06 bits per heavy atom. The molecule has 1 N–H and O–H groups in total. The molecule has 2 nitrogen and oxygen atoms in total. The van der Waals surface area contributed by atoms with Crippen LogP contribution >= 0.6 is 11.8 Å². The molecule has 1 saturated carbocycles. The van der Waals surface area contributed by atoms with Crippen LogP contribution in [-0.4, -0.2) is 30.7 Å². The van der Waals surface area contributed by atoms with Gasteiger partial charge < -0.3 is 10.1 Å². The minimum Gasteiger partial charge on any atom is -0.494 e. The smallest absolute Gasteiger partial charge is 0.119 e. The molecule has 1 aliphatic rings. The summed E-state index contributed by atoms with van der Waals surface area (Å²) in [7, 11) is 0. The fourth-order valence-corrected chi connectivity index (χ4v) is 2.57. The van der Waals surface area contributed by atoms with E-state index < -0.39 is 0 Å². The molecule has 0 radical (unpaired) electrons. The Balaban J connectivity index is 1.50. The van der Waals surface area contributed by atoms with E-state index in [1.54, 1.807) is 0 Å². The highest BCUT2D eigenvalue weighted by Crippen LogP contribution is 2.46. The van der Waals surface area contributed by atoms with Crippen molar-refractivity contribution in [3.8, 4) is 5.75 Å². The summed E-state index contributed by atoms with van der Waals surface area (Å²) in [6.45, 7) is 3.00. The molecule has 0 spiro atoms. The van der Waals surface area contributed by atoms with Crippen molar-refractivity contribution in [1.82, 2.24) is 5.32 Å². The van der Waals surface area contributed by atoms with E-state index >= 15 is 0 Å². The molecule has 17 heavy (non-hydrogen) atoms. The standard InChI is InChI=1S/C14H21NOS/c1-17-14(8-9-14)12-15-10-5-11-16-13-6-3-2-4-7-13/h2-4,6-7,15H,5,8-12H2,1H3. The lowest BCUT2D eigenvalue weighted by molar-refractivity contribution is 0.308. The highest BCUT2D eigenvalue weighted by Gasteiger charge is 2.41. The van der Waals surface area contributed by atoms with Crippen LogP contribution in [0.2, 0.25) is 0 Å². The van der Waals surface area contributed by atoms with Crippen molar-refractivity contribution in [2.75, 3.05) is 26.0 Å². The number of para-hydroxylation sites is 1. The monoisotopic (exact) mass is 251 g/mol. The molecule has 3 heteroatoms. The largest absolute Gasteiger partial charge is 0.494 e. The first kappa shape index (κ1) is 12.8. The van der Waals surface area contributed by atoms with Gasteiger partial charge in [-0.1, -0.05) is 18.2 Å². The van der Waals surface area contributed by atoms with Crippen LogP contribution in [0.5, 0.6) is 5.75 Å². The van der Waals surface area contributed by atoms with Crippen LogP contribution in [0.1, 0.15) is 19.3 Å². The van der Waals surface area contributed by atoms with Gasteiger partial charge in [0.15, 0.2) is 0 Å². The molecule has 1 fully saturated rings. The second-order valence-electron chi connectivity index (χ2n) is 4.58. The van der Waals surface area contributed by atoms with Gasteiger partial charge in [0, 0.05) is 11.3 Å². The molecule has 1 aromatic carbocycles. The summed E-state index contributed by atoms with van der Waals surface area (Å²) < 4.78 is 6.20. The molecule has 94 valence electrons. The van der Waals surface area contributed by atoms with Crippen LogP contribution in [0, 0.1) is 0 Å². The average molecular weight is 251 g/mol. The van der Waals surface area contributed by atoms with Gasteiger partial charge in [-0.05, 0) is 44.2 Å². The molecule has 0 unspecified atom stereocenters. The lowest BCUT2D eigenvalue weighted by atomic mass is 10.3. The van der Waals surface area contributed by atoms with Crippen LogP contribution in [0.15, 0.2) is 30.3 Å². The third-order valence-corrected chi connectivity index (χ3v) is 4.62. The predicted octanol–water partition coefficient (Wildman–Crippen LogP) is 2.94. The number of hydrogen-bond acceptors (Lipinski definition) is 3. The van der Waals surface area contributed by atoms with Crippen LogP contribution in [0.4, 0.5) is 0 Å². The van der Waals surface area contributed by atoms with E-state index in [0.29, 0.717) is 4.75 Å². The van der Waals surface area contributed by atoms with Crippen molar-refractivity contribution >= 4 is 11.8 Å². The maximum atomic E-state index is 5.63. The van der Waals surface area contributed by atoms with E-state index in [0.717, 1.165) is 31.9 Å². The Hall–Kier alpha value is -0.670. The molecule has 0 amide bonds. The zero-order chi connectivity index (χ0) is 12.0. The number of hydrogen-bond donors (Lipinski definition) is 1. The molecule has 0 aromatic heterocycles. The van der Waals surface area contributed by atoms with Crippen molar-refractivity contribution in [2.45, 2.75) is 24.0 Å². The zero-order valence-electron chi connectivity index (χ0n) is 10.4. The third-order valence-electron chi connectivity index (χ3n) is 3.20. The molecular formula is C14H21NOS. The predicted molar refractivity (Wildman–Crippen MR) is 74.9 cm³/mol. The molecule has 2 rings (SSSR count). The van der Waals surface area contributed by atoms with Crippen LogP contribution in [0.25, 0.3) is 0 Å². The quantitative estimate of drug-likeness (QED) is 0.718. The van der Waals surface area contributed by atoms with Crippen molar-refractivity contribution in [1.29, 1.82) is 0 Å². The summed E-state index contributed by atoms with van der Waals surface area (Å²) in [4.78, 5) is 0. The van der Waals surface area contributed by atoms with Crippen LogP contribution in [0.3, 0.4) is 0 Å². The van der Waals surface area contributed by atoms with E-state index in [-0.39, 0.29) is 0 Å². The molecule has 0 bridgehead atoms. The Morgan fingerprint density at radius 1 is 1.29 bits per heavy atom. The Bertz CT molecular complexity index is 324. The highest BCUT2D eigenvalue weighted by molar-refractivity contribution is 8.00. The summed E-state index contributed by atoms with van der Waals surface area (Å²) in [5, 5.41) is 3.52. The maximum absolute atomic E-state index is 5.63. The summed E-state index contributed by atoms with van der Waals surface area (Å²) in [6.07, 6.45) is 6.04. The van der Waals surface area contributed by atoms with E-state index in [1.165, 1.54) is 12.8 Å². The first-order chi connectivity index (χ1) is 8.35. The van der Waals surface area contributed by atoms with Crippen molar-refractivity contribution in [3.05, 3.63) is 30.3 Å². The van der Waals surface area contributed by atoms with E-state index in [2.05, 4.69) is 11.6 Å². The SMILES string of the molecule is CSC1(CNCCCOc2ccccc2)CC1. The van der Waals surface area contributed by atoms with Crippen molar-refractivity contribution in [3.63, 3.8) is 0 Å². The Labute approximate surface area is 108 Å².